The Kier molecular flexibility index (Phi) is 4.13. The zero-order chi connectivity index (χ0) is 14.0. The Morgan fingerprint density at radius 2 is 2.00 bits per heavy atom. The van der Waals surface area contributed by atoms with Crippen LogP contribution in [0.15, 0.2) is 24.3 Å². The van der Waals surface area contributed by atoms with Gasteiger partial charge in [-0.25, -0.2) is 0 Å². The quantitative estimate of drug-likeness (QED) is 0.889. The number of likely N-dealkylation sites (N-methyl/N-ethyl adjacent to an activating group) is 1. The lowest BCUT2D eigenvalue weighted by Gasteiger charge is -2.42. The normalized spacial score (nSPS) is 28.9. The summed E-state index contributed by atoms with van der Waals surface area (Å²) in [5, 5.41) is 3.55. The lowest BCUT2D eigenvalue weighted by molar-refractivity contribution is -0.0887. The summed E-state index contributed by atoms with van der Waals surface area (Å²) in [4.78, 5) is 0. The highest BCUT2D eigenvalue weighted by Gasteiger charge is 2.38. The van der Waals surface area contributed by atoms with Gasteiger partial charge in [-0.2, -0.15) is 0 Å². The van der Waals surface area contributed by atoms with E-state index in [1.165, 1.54) is 37.7 Å². The van der Waals surface area contributed by atoms with E-state index < -0.39 is 0 Å². The van der Waals surface area contributed by atoms with Crippen LogP contribution in [0, 0.1) is 0 Å². The molecule has 0 bridgehead atoms. The van der Waals surface area contributed by atoms with Gasteiger partial charge in [0.2, 0.25) is 0 Å². The second-order valence-corrected chi connectivity index (χ2v) is 6.60. The Balaban J connectivity index is 1.92. The Morgan fingerprint density at radius 3 is 2.60 bits per heavy atom. The van der Waals surface area contributed by atoms with E-state index >= 15 is 0 Å². The third-order valence-electron chi connectivity index (χ3n) is 5.25. The maximum Gasteiger partial charge on any atom is 0.0848 e. The molecule has 2 atom stereocenters. The lowest BCUT2D eigenvalue weighted by Crippen LogP contribution is -2.45. The van der Waals surface area contributed by atoms with Gasteiger partial charge in [0.05, 0.1) is 11.6 Å². The molecule has 2 heteroatoms. The van der Waals surface area contributed by atoms with Crippen molar-refractivity contribution in [1.29, 1.82) is 0 Å². The fourth-order valence-corrected chi connectivity index (χ4v) is 3.84. The molecular weight excluding hydrogens is 246 g/mol. The molecule has 1 heterocycles. The van der Waals surface area contributed by atoms with Crippen molar-refractivity contribution in [1.82, 2.24) is 5.32 Å². The molecule has 2 fully saturated rings. The molecular formula is C18H27NO. The van der Waals surface area contributed by atoms with Crippen molar-refractivity contribution in [3.63, 3.8) is 0 Å². The first-order chi connectivity index (χ1) is 9.74. The third kappa shape index (κ3) is 2.51. The molecule has 1 aliphatic heterocycles. The Labute approximate surface area is 122 Å². The van der Waals surface area contributed by atoms with E-state index in [0.29, 0.717) is 6.04 Å². The standard InChI is InChI=1S/C18H27NO/c1-18(12-5-6-13-20-18)17(19-2)16-11-4-3-10-15(16)14-8-7-9-14/h3-4,10-11,14,17,19H,5-9,12-13H2,1-2H3. The minimum Gasteiger partial charge on any atom is -0.373 e. The molecule has 1 aromatic carbocycles. The summed E-state index contributed by atoms with van der Waals surface area (Å²) in [7, 11) is 2.07. The first-order valence-corrected chi connectivity index (χ1v) is 8.14. The molecule has 1 N–H and O–H groups in total. The zero-order valence-corrected chi connectivity index (χ0v) is 12.8. The predicted molar refractivity (Wildman–Crippen MR) is 83.0 cm³/mol. The molecule has 1 aliphatic carbocycles. The molecule has 1 aromatic rings. The van der Waals surface area contributed by atoms with Crippen LogP contribution in [-0.2, 0) is 4.74 Å². The van der Waals surface area contributed by atoms with Gasteiger partial charge in [-0.3, -0.25) is 0 Å². The van der Waals surface area contributed by atoms with Gasteiger partial charge >= 0.3 is 0 Å². The Bertz CT molecular complexity index is 446. The van der Waals surface area contributed by atoms with Gasteiger partial charge in [0, 0.05) is 6.61 Å². The first kappa shape index (κ1) is 14.1. The first-order valence-electron chi connectivity index (χ1n) is 8.14. The lowest BCUT2D eigenvalue weighted by atomic mass is 9.74. The summed E-state index contributed by atoms with van der Waals surface area (Å²) in [6.45, 7) is 3.19. The van der Waals surface area contributed by atoms with Gasteiger partial charge in [0.1, 0.15) is 0 Å². The van der Waals surface area contributed by atoms with E-state index in [2.05, 4.69) is 43.6 Å². The molecule has 2 nitrogen and oxygen atoms in total. The van der Waals surface area contributed by atoms with Gasteiger partial charge in [-0.05, 0) is 63.1 Å². The summed E-state index contributed by atoms with van der Waals surface area (Å²) >= 11 is 0. The summed E-state index contributed by atoms with van der Waals surface area (Å²) in [6.07, 6.45) is 7.72. The summed E-state index contributed by atoms with van der Waals surface area (Å²) in [6, 6.07) is 9.30. The van der Waals surface area contributed by atoms with Gasteiger partial charge in [0.15, 0.2) is 0 Å². The zero-order valence-electron chi connectivity index (χ0n) is 12.8. The van der Waals surface area contributed by atoms with Crippen LogP contribution in [0.5, 0.6) is 0 Å². The number of benzene rings is 1. The van der Waals surface area contributed by atoms with Crippen molar-refractivity contribution in [2.45, 2.75) is 63.0 Å². The number of hydrogen-bond acceptors (Lipinski definition) is 2. The molecule has 2 aliphatic rings. The average molecular weight is 273 g/mol. The second-order valence-electron chi connectivity index (χ2n) is 6.60. The van der Waals surface area contributed by atoms with Crippen LogP contribution in [0.1, 0.15) is 68.5 Å². The molecule has 110 valence electrons. The van der Waals surface area contributed by atoms with Gasteiger partial charge in [0.25, 0.3) is 0 Å². The van der Waals surface area contributed by atoms with E-state index in [9.17, 15) is 0 Å². The fourth-order valence-electron chi connectivity index (χ4n) is 3.84. The third-order valence-corrected chi connectivity index (χ3v) is 5.25. The van der Waals surface area contributed by atoms with E-state index in [-0.39, 0.29) is 5.60 Å². The van der Waals surface area contributed by atoms with Gasteiger partial charge in [-0.1, -0.05) is 30.7 Å². The maximum atomic E-state index is 6.20. The SMILES string of the molecule is CNC(c1ccccc1C1CCC1)C1(C)CCCCO1. The molecule has 1 saturated carbocycles. The highest BCUT2D eigenvalue weighted by atomic mass is 16.5. The van der Waals surface area contributed by atoms with E-state index in [1.54, 1.807) is 5.56 Å². The van der Waals surface area contributed by atoms with Crippen molar-refractivity contribution < 1.29 is 4.74 Å². The molecule has 0 amide bonds. The number of ether oxygens (including phenoxy) is 1. The molecule has 3 rings (SSSR count). The molecule has 1 saturated heterocycles. The topological polar surface area (TPSA) is 21.3 Å². The molecule has 20 heavy (non-hydrogen) atoms. The van der Waals surface area contributed by atoms with Crippen LogP contribution in [0.2, 0.25) is 0 Å². The van der Waals surface area contributed by atoms with Crippen molar-refractivity contribution in [2.24, 2.45) is 0 Å². The smallest absolute Gasteiger partial charge is 0.0848 e. The fraction of sp³-hybridized carbons (Fsp3) is 0.667. The number of nitrogens with one attached hydrogen (secondary N) is 1. The van der Waals surface area contributed by atoms with Crippen LogP contribution >= 0.6 is 0 Å². The van der Waals surface area contributed by atoms with Gasteiger partial charge < -0.3 is 10.1 Å². The average Bonchev–Trinajstić information content (AvgIpc) is 2.40. The second kappa shape index (κ2) is 5.87. The number of rotatable bonds is 4. The summed E-state index contributed by atoms with van der Waals surface area (Å²) in [5.41, 5.74) is 2.95. The highest BCUT2D eigenvalue weighted by molar-refractivity contribution is 5.36. The van der Waals surface area contributed by atoms with Crippen LogP contribution in [0.3, 0.4) is 0 Å². The molecule has 0 aromatic heterocycles. The Hall–Kier alpha value is -0.860. The van der Waals surface area contributed by atoms with Crippen LogP contribution in [0.25, 0.3) is 0 Å². The van der Waals surface area contributed by atoms with E-state index in [1.807, 2.05) is 0 Å². The van der Waals surface area contributed by atoms with E-state index in [4.69, 9.17) is 4.74 Å². The van der Waals surface area contributed by atoms with Crippen molar-refractivity contribution in [3.8, 4) is 0 Å². The Morgan fingerprint density at radius 1 is 1.20 bits per heavy atom. The van der Waals surface area contributed by atoms with Crippen LogP contribution in [0.4, 0.5) is 0 Å². The summed E-state index contributed by atoms with van der Waals surface area (Å²) < 4.78 is 6.20. The maximum absolute atomic E-state index is 6.20. The largest absolute Gasteiger partial charge is 0.373 e. The van der Waals surface area contributed by atoms with Crippen molar-refractivity contribution in [2.75, 3.05) is 13.7 Å². The minimum absolute atomic E-state index is 0.0626. The molecule has 0 spiro atoms. The van der Waals surface area contributed by atoms with Crippen LogP contribution in [-0.4, -0.2) is 19.3 Å². The summed E-state index contributed by atoms with van der Waals surface area (Å²) in [5.74, 6) is 0.772. The monoisotopic (exact) mass is 273 g/mol. The minimum atomic E-state index is -0.0626. The van der Waals surface area contributed by atoms with E-state index in [0.717, 1.165) is 18.9 Å². The predicted octanol–water partition coefficient (Wildman–Crippen LogP) is 4.17. The highest BCUT2D eigenvalue weighted by Crippen LogP contribution is 2.43. The van der Waals surface area contributed by atoms with Crippen LogP contribution < -0.4 is 5.32 Å². The number of hydrogen-bond donors (Lipinski definition) is 1. The molecule has 2 unspecified atom stereocenters. The van der Waals surface area contributed by atoms with Crippen molar-refractivity contribution >= 4 is 0 Å². The molecule has 0 radical (unpaired) electrons. The van der Waals surface area contributed by atoms with Gasteiger partial charge in [-0.15, -0.1) is 0 Å². The van der Waals surface area contributed by atoms with Crippen molar-refractivity contribution in [3.05, 3.63) is 35.4 Å².